The molecule has 0 rings (SSSR count). The lowest BCUT2D eigenvalue weighted by molar-refractivity contribution is 0.409. The van der Waals surface area contributed by atoms with Crippen molar-refractivity contribution in [2.75, 3.05) is 6.54 Å². The molecule has 0 aromatic rings. The molecule has 1 atom stereocenters. The van der Waals surface area contributed by atoms with Gasteiger partial charge >= 0.3 is 0 Å². The second kappa shape index (κ2) is 31.0. The minimum absolute atomic E-state index is 0.796. The van der Waals surface area contributed by atoms with Crippen LogP contribution in [-0.2, 0) is 0 Å². The van der Waals surface area contributed by atoms with Gasteiger partial charge in [0.25, 0.3) is 0 Å². The Morgan fingerprint density at radius 2 is 0.529 bits per heavy atom. The van der Waals surface area contributed by atoms with Crippen LogP contribution >= 0.6 is 0 Å². The fourth-order valence-corrected chi connectivity index (χ4v) is 5.46. The second-order valence-electron chi connectivity index (χ2n) is 11.5. The van der Waals surface area contributed by atoms with Gasteiger partial charge in [0.15, 0.2) is 0 Å². The Labute approximate surface area is 218 Å². The quantitative estimate of drug-likeness (QED) is 0.102. The smallest absolute Gasteiger partial charge is 0.00489 e. The average Bonchev–Trinajstić information content (AvgIpc) is 2.85. The van der Waals surface area contributed by atoms with Crippen LogP contribution in [0.5, 0.6) is 0 Å². The zero-order chi connectivity index (χ0) is 24.8. The standard InChI is InChI=1S/C33H69N/c1-3-5-7-9-11-13-15-17-19-21-23-25-27-29-31-33(32-34)30-28-26-24-22-20-18-16-14-12-10-8-6-4-2/h33H,3-32,34H2,1-2H3. The van der Waals surface area contributed by atoms with E-state index in [1.807, 2.05) is 0 Å². The lowest BCUT2D eigenvalue weighted by Gasteiger charge is -2.14. The number of hydrogen-bond donors (Lipinski definition) is 1. The topological polar surface area (TPSA) is 26.0 Å². The molecule has 0 aliphatic carbocycles. The first-order chi connectivity index (χ1) is 16.8. The van der Waals surface area contributed by atoms with Crippen molar-refractivity contribution in [2.24, 2.45) is 11.7 Å². The van der Waals surface area contributed by atoms with Gasteiger partial charge in [0, 0.05) is 0 Å². The largest absolute Gasteiger partial charge is 0.330 e. The first-order valence-electron chi connectivity index (χ1n) is 16.5. The zero-order valence-electron chi connectivity index (χ0n) is 24.4. The highest BCUT2D eigenvalue weighted by Gasteiger charge is 2.06. The summed E-state index contributed by atoms with van der Waals surface area (Å²) in [7, 11) is 0. The van der Waals surface area contributed by atoms with Crippen LogP contribution in [0.25, 0.3) is 0 Å². The van der Waals surface area contributed by atoms with Crippen LogP contribution in [0.3, 0.4) is 0 Å². The maximum absolute atomic E-state index is 6.07. The summed E-state index contributed by atoms with van der Waals surface area (Å²) in [6.07, 6.45) is 41.9. The van der Waals surface area contributed by atoms with E-state index in [9.17, 15) is 0 Å². The van der Waals surface area contributed by atoms with Crippen LogP contribution in [0.4, 0.5) is 0 Å². The van der Waals surface area contributed by atoms with Gasteiger partial charge in [-0.3, -0.25) is 0 Å². The molecule has 0 amide bonds. The average molecular weight is 480 g/mol. The number of nitrogens with two attached hydrogens (primary N) is 1. The molecule has 0 aromatic heterocycles. The maximum atomic E-state index is 6.07. The predicted octanol–water partition coefficient (Wildman–Crippen LogP) is 11.9. The highest BCUT2D eigenvalue weighted by Crippen LogP contribution is 2.19. The summed E-state index contributed by atoms with van der Waals surface area (Å²) in [4.78, 5) is 0. The molecule has 0 heterocycles. The molecule has 1 nitrogen and oxygen atoms in total. The fraction of sp³-hybridized carbons (Fsp3) is 1.00. The number of rotatable bonds is 30. The monoisotopic (exact) mass is 480 g/mol. The molecule has 0 radical (unpaired) electrons. The molecule has 1 heteroatoms. The molecule has 0 bridgehead atoms. The molecule has 0 saturated carbocycles. The van der Waals surface area contributed by atoms with E-state index in [2.05, 4.69) is 13.8 Å². The van der Waals surface area contributed by atoms with Crippen molar-refractivity contribution in [1.29, 1.82) is 0 Å². The molecular formula is C33H69N. The van der Waals surface area contributed by atoms with Gasteiger partial charge in [0.2, 0.25) is 0 Å². The van der Waals surface area contributed by atoms with Crippen LogP contribution in [0.1, 0.15) is 200 Å². The van der Waals surface area contributed by atoms with E-state index in [1.54, 1.807) is 0 Å². The van der Waals surface area contributed by atoms with Gasteiger partial charge in [0.05, 0.1) is 0 Å². The molecule has 0 saturated heterocycles. The van der Waals surface area contributed by atoms with Gasteiger partial charge in [-0.1, -0.05) is 187 Å². The molecule has 0 fully saturated rings. The van der Waals surface area contributed by atoms with Crippen molar-refractivity contribution >= 4 is 0 Å². The van der Waals surface area contributed by atoms with Gasteiger partial charge in [0.1, 0.15) is 0 Å². The Bertz CT molecular complexity index is 339. The van der Waals surface area contributed by atoms with Crippen molar-refractivity contribution in [1.82, 2.24) is 0 Å². The molecule has 0 aromatic carbocycles. The van der Waals surface area contributed by atoms with E-state index in [0.717, 1.165) is 12.5 Å². The number of unbranched alkanes of at least 4 members (excludes halogenated alkanes) is 25. The molecule has 0 aliphatic rings. The van der Waals surface area contributed by atoms with Crippen molar-refractivity contribution < 1.29 is 0 Å². The first-order valence-corrected chi connectivity index (χ1v) is 16.5. The van der Waals surface area contributed by atoms with Gasteiger partial charge in [-0.05, 0) is 25.3 Å². The van der Waals surface area contributed by atoms with E-state index in [4.69, 9.17) is 5.73 Å². The third-order valence-electron chi connectivity index (χ3n) is 8.02. The Morgan fingerprint density at radius 3 is 0.735 bits per heavy atom. The van der Waals surface area contributed by atoms with Gasteiger partial charge in [-0.2, -0.15) is 0 Å². The minimum atomic E-state index is 0.796. The van der Waals surface area contributed by atoms with Crippen molar-refractivity contribution in [3.63, 3.8) is 0 Å². The lowest BCUT2D eigenvalue weighted by Crippen LogP contribution is -2.14. The fourth-order valence-electron chi connectivity index (χ4n) is 5.46. The molecule has 2 N–H and O–H groups in total. The van der Waals surface area contributed by atoms with Crippen molar-refractivity contribution in [3.05, 3.63) is 0 Å². The Morgan fingerprint density at radius 1 is 0.324 bits per heavy atom. The van der Waals surface area contributed by atoms with Crippen LogP contribution < -0.4 is 5.73 Å². The van der Waals surface area contributed by atoms with Gasteiger partial charge in [-0.15, -0.1) is 0 Å². The summed E-state index contributed by atoms with van der Waals surface area (Å²) in [5, 5.41) is 0. The Balaban J connectivity index is 3.26. The first kappa shape index (κ1) is 34.0. The Hall–Kier alpha value is -0.0400. The highest BCUT2D eigenvalue weighted by atomic mass is 14.5. The van der Waals surface area contributed by atoms with Crippen LogP contribution in [0.15, 0.2) is 0 Å². The predicted molar refractivity (Wildman–Crippen MR) is 158 cm³/mol. The zero-order valence-corrected chi connectivity index (χ0v) is 24.4. The summed E-state index contributed by atoms with van der Waals surface area (Å²) in [5.41, 5.74) is 6.07. The Kier molecular flexibility index (Phi) is 31.0. The molecular weight excluding hydrogens is 410 g/mol. The lowest BCUT2D eigenvalue weighted by atomic mass is 9.94. The summed E-state index contributed by atoms with van der Waals surface area (Å²) in [6.45, 7) is 5.52. The summed E-state index contributed by atoms with van der Waals surface area (Å²) in [6, 6.07) is 0. The van der Waals surface area contributed by atoms with E-state index in [0.29, 0.717) is 0 Å². The third kappa shape index (κ3) is 28.2. The van der Waals surface area contributed by atoms with Gasteiger partial charge < -0.3 is 5.73 Å². The molecule has 34 heavy (non-hydrogen) atoms. The second-order valence-corrected chi connectivity index (χ2v) is 11.5. The van der Waals surface area contributed by atoms with Crippen LogP contribution in [0, 0.1) is 5.92 Å². The molecule has 206 valence electrons. The summed E-state index contributed by atoms with van der Waals surface area (Å²) >= 11 is 0. The van der Waals surface area contributed by atoms with E-state index < -0.39 is 0 Å². The van der Waals surface area contributed by atoms with E-state index in [1.165, 1.54) is 186 Å². The summed E-state index contributed by atoms with van der Waals surface area (Å²) < 4.78 is 0. The highest BCUT2D eigenvalue weighted by molar-refractivity contribution is 4.61. The SMILES string of the molecule is CCCCCCCCCCCCCCCCC(CN)CCCCCCCCCCCCCCC. The van der Waals surface area contributed by atoms with Crippen LogP contribution in [-0.4, -0.2) is 6.54 Å². The van der Waals surface area contributed by atoms with E-state index >= 15 is 0 Å². The molecule has 0 spiro atoms. The number of hydrogen-bond acceptors (Lipinski definition) is 1. The molecule has 1 unspecified atom stereocenters. The maximum Gasteiger partial charge on any atom is -0.00489 e. The summed E-state index contributed by atoms with van der Waals surface area (Å²) in [5.74, 6) is 0.796. The van der Waals surface area contributed by atoms with Crippen molar-refractivity contribution in [3.8, 4) is 0 Å². The van der Waals surface area contributed by atoms with E-state index in [-0.39, 0.29) is 0 Å². The van der Waals surface area contributed by atoms with Gasteiger partial charge in [-0.25, -0.2) is 0 Å². The minimum Gasteiger partial charge on any atom is -0.330 e. The third-order valence-corrected chi connectivity index (χ3v) is 8.02. The molecule has 0 aliphatic heterocycles. The normalized spacial score (nSPS) is 12.4. The van der Waals surface area contributed by atoms with Crippen LogP contribution in [0.2, 0.25) is 0 Å². The van der Waals surface area contributed by atoms with Crippen molar-refractivity contribution in [2.45, 2.75) is 200 Å².